The normalized spacial score (nSPS) is 10.9. The highest BCUT2D eigenvalue weighted by Gasteiger charge is 2.10. The summed E-state index contributed by atoms with van der Waals surface area (Å²) in [6.07, 6.45) is 0. The largest absolute Gasteiger partial charge is 0.236 e. The highest BCUT2D eigenvalue weighted by Crippen LogP contribution is 2.27. The Morgan fingerprint density at radius 2 is 2.19 bits per heavy atom. The molecular weight excluding hydrogens is 365 g/mol. The van der Waals surface area contributed by atoms with Gasteiger partial charge in [0.15, 0.2) is 0 Å². The third-order valence-corrected chi connectivity index (χ3v) is 3.99. The topological polar surface area (TPSA) is 82.9 Å². The first-order chi connectivity index (χ1) is 7.33. The van der Waals surface area contributed by atoms with E-state index < -0.39 is 9.05 Å². The molecule has 16 heavy (non-hydrogen) atoms. The van der Waals surface area contributed by atoms with Gasteiger partial charge in [-0.25, -0.2) is 8.42 Å². The van der Waals surface area contributed by atoms with Crippen LogP contribution < -0.4 is 0 Å². The summed E-state index contributed by atoms with van der Waals surface area (Å²) in [7, 11) is 1.55. The molecule has 1 rings (SSSR count). The second-order valence-electron chi connectivity index (χ2n) is 3.09. The summed E-state index contributed by atoms with van der Waals surface area (Å²) in [4.78, 5) is 2.68. The molecule has 0 bridgehead atoms. The fraction of sp³-hybridized carbons (Fsp3) is 0.250. The van der Waals surface area contributed by atoms with E-state index in [1.165, 1.54) is 6.07 Å². The van der Waals surface area contributed by atoms with Crippen LogP contribution in [0, 0.1) is 10.5 Å². The first-order valence-electron chi connectivity index (χ1n) is 4.10. The predicted octanol–water partition coefficient (Wildman–Crippen LogP) is 3.61. The number of azide groups is 1. The van der Waals surface area contributed by atoms with Gasteiger partial charge < -0.3 is 0 Å². The fourth-order valence-corrected chi connectivity index (χ4v) is 2.77. The van der Waals surface area contributed by atoms with E-state index in [0.29, 0.717) is 11.3 Å². The van der Waals surface area contributed by atoms with Crippen molar-refractivity contribution in [3.63, 3.8) is 0 Å². The predicted molar refractivity (Wildman–Crippen MR) is 71.2 cm³/mol. The van der Waals surface area contributed by atoms with Crippen LogP contribution in [0.3, 0.4) is 0 Å². The third-order valence-electron chi connectivity index (χ3n) is 1.87. The monoisotopic (exact) mass is 371 g/mol. The van der Waals surface area contributed by atoms with Gasteiger partial charge in [0.2, 0.25) is 9.05 Å². The van der Waals surface area contributed by atoms with Gasteiger partial charge in [0, 0.05) is 24.9 Å². The molecule has 86 valence electrons. The lowest BCUT2D eigenvalue weighted by atomic mass is 10.1. The minimum Gasteiger partial charge on any atom is -0.212 e. The van der Waals surface area contributed by atoms with Crippen molar-refractivity contribution in [2.75, 3.05) is 0 Å². The minimum absolute atomic E-state index is 0.279. The Labute approximate surface area is 111 Å². The zero-order valence-electron chi connectivity index (χ0n) is 8.18. The molecule has 0 unspecified atom stereocenters. The van der Waals surface area contributed by atoms with E-state index in [1.807, 2.05) is 22.6 Å². The Morgan fingerprint density at radius 3 is 2.69 bits per heavy atom. The molecule has 1 aromatic carbocycles. The van der Waals surface area contributed by atoms with Crippen molar-refractivity contribution in [1.29, 1.82) is 0 Å². The number of hydrogen-bond acceptors (Lipinski definition) is 3. The molecule has 0 atom stereocenters. The second kappa shape index (κ2) is 5.22. The van der Waals surface area contributed by atoms with Crippen molar-refractivity contribution in [3.05, 3.63) is 37.3 Å². The van der Waals surface area contributed by atoms with Crippen LogP contribution in [0.5, 0.6) is 0 Å². The maximum atomic E-state index is 10.9. The molecule has 0 amide bonds. The molecule has 0 heterocycles. The van der Waals surface area contributed by atoms with Crippen molar-refractivity contribution < 1.29 is 8.42 Å². The smallest absolute Gasteiger partial charge is 0.212 e. The summed E-state index contributed by atoms with van der Waals surface area (Å²) in [6, 6.07) is 3.23. The average Bonchev–Trinajstić information content (AvgIpc) is 2.11. The van der Waals surface area contributed by atoms with Crippen LogP contribution >= 0.6 is 33.3 Å². The van der Waals surface area contributed by atoms with E-state index in [9.17, 15) is 8.42 Å². The van der Waals surface area contributed by atoms with Gasteiger partial charge in [-0.3, -0.25) is 0 Å². The van der Waals surface area contributed by atoms with Crippen molar-refractivity contribution >= 4 is 48.0 Å². The molecule has 0 N–H and O–H groups in total. The van der Waals surface area contributed by atoms with Crippen molar-refractivity contribution in [2.45, 2.75) is 12.7 Å². The fourth-order valence-electron chi connectivity index (χ4n) is 1.15. The summed E-state index contributed by atoms with van der Waals surface area (Å²) in [6.45, 7) is 1.80. The van der Waals surface area contributed by atoms with Gasteiger partial charge >= 0.3 is 0 Å². The Balaban J connectivity index is 3.29. The maximum Gasteiger partial charge on any atom is 0.236 e. The molecule has 0 spiro atoms. The van der Waals surface area contributed by atoms with Crippen LogP contribution in [-0.4, -0.2) is 8.42 Å². The molecule has 0 fully saturated rings. The van der Waals surface area contributed by atoms with E-state index >= 15 is 0 Å². The van der Waals surface area contributed by atoms with Crippen molar-refractivity contribution in [3.8, 4) is 0 Å². The summed E-state index contributed by atoms with van der Waals surface area (Å²) in [5, 5.41) is 3.50. The lowest BCUT2D eigenvalue weighted by Gasteiger charge is -2.06. The Kier molecular flexibility index (Phi) is 4.43. The molecule has 8 heteroatoms. The highest BCUT2D eigenvalue weighted by atomic mass is 127. The molecule has 0 saturated heterocycles. The van der Waals surface area contributed by atoms with Crippen molar-refractivity contribution in [2.24, 2.45) is 5.11 Å². The SMILES string of the molecule is Cc1c(I)cc(CS(=O)(=O)Cl)cc1N=[N+]=[N-]. The average molecular weight is 372 g/mol. The molecule has 0 aliphatic heterocycles. The second-order valence-corrected chi connectivity index (χ2v) is 7.03. The maximum absolute atomic E-state index is 10.9. The van der Waals surface area contributed by atoms with Crippen LogP contribution in [0.15, 0.2) is 17.2 Å². The van der Waals surface area contributed by atoms with E-state index in [1.54, 1.807) is 13.0 Å². The van der Waals surface area contributed by atoms with Gasteiger partial charge in [-0.05, 0) is 58.3 Å². The van der Waals surface area contributed by atoms with Gasteiger partial charge in [-0.1, -0.05) is 5.11 Å². The number of halogens is 2. The van der Waals surface area contributed by atoms with E-state index in [2.05, 4.69) is 10.0 Å². The van der Waals surface area contributed by atoms with Crippen LogP contribution in [0.4, 0.5) is 5.69 Å². The highest BCUT2D eigenvalue weighted by molar-refractivity contribution is 14.1. The van der Waals surface area contributed by atoms with Gasteiger partial charge in [-0.2, -0.15) is 0 Å². The van der Waals surface area contributed by atoms with E-state index in [-0.39, 0.29) is 5.75 Å². The summed E-state index contributed by atoms with van der Waals surface area (Å²) in [5.74, 6) is -0.279. The third kappa shape index (κ3) is 3.82. The Hall–Kier alpha value is -0.500. The van der Waals surface area contributed by atoms with Crippen LogP contribution in [0.1, 0.15) is 11.1 Å². The standard InChI is InChI=1S/C8H7ClIN3O2S/c1-5-7(10)2-6(4-16(9,14)15)3-8(5)12-13-11/h2-3H,4H2,1H3. The van der Waals surface area contributed by atoms with Crippen molar-refractivity contribution in [1.82, 2.24) is 0 Å². The number of rotatable bonds is 3. The van der Waals surface area contributed by atoms with Gasteiger partial charge in [-0.15, -0.1) is 0 Å². The molecule has 0 aliphatic carbocycles. The first kappa shape index (κ1) is 13.6. The molecular formula is C8H7ClIN3O2S. The lowest BCUT2D eigenvalue weighted by Crippen LogP contribution is -1.96. The van der Waals surface area contributed by atoms with Crippen LogP contribution in [-0.2, 0) is 14.8 Å². The molecule has 0 aliphatic rings. The number of benzene rings is 1. The number of nitrogens with zero attached hydrogens (tertiary/aromatic N) is 3. The summed E-state index contributed by atoms with van der Waals surface area (Å²) >= 11 is 2.05. The zero-order valence-corrected chi connectivity index (χ0v) is 11.9. The zero-order chi connectivity index (χ0) is 12.3. The Bertz CT molecular complexity index is 567. The van der Waals surface area contributed by atoms with E-state index in [4.69, 9.17) is 16.2 Å². The Morgan fingerprint density at radius 1 is 1.56 bits per heavy atom. The van der Waals surface area contributed by atoms with Crippen LogP contribution in [0.25, 0.3) is 10.4 Å². The molecule has 0 radical (unpaired) electrons. The quantitative estimate of drug-likeness (QED) is 0.267. The number of hydrogen-bond donors (Lipinski definition) is 0. The minimum atomic E-state index is -3.60. The summed E-state index contributed by atoms with van der Waals surface area (Å²) in [5.41, 5.74) is 10.1. The first-order valence-corrected chi connectivity index (χ1v) is 7.65. The van der Waals surface area contributed by atoms with E-state index in [0.717, 1.165) is 9.13 Å². The lowest BCUT2D eigenvalue weighted by molar-refractivity contribution is 0.609. The summed E-state index contributed by atoms with van der Waals surface area (Å²) < 4.78 is 22.7. The van der Waals surface area contributed by atoms with Crippen LogP contribution in [0.2, 0.25) is 0 Å². The van der Waals surface area contributed by atoms with Gasteiger partial charge in [0.25, 0.3) is 0 Å². The molecule has 5 nitrogen and oxygen atoms in total. The molecule has 1 aromatic rings. The molecule has 0 saturated carbocycles. The van der Waals surface area contributed by atoms with Gasteiger partial charge in [0.05, 0.1) is 5.75 Å². The van der Waals surface area contributed by atoms with Gasteiger partial charge in [0.1, 0.15) is 0 Å². The molecule has 0 aromatic heterocycles.